The molecule has 1 aliphatic heterocycles. The summed E-state index contributed by atoms with van der Waals surface area (Å²) in [6.45, 7) is 2.39. The normalized spacial score (nSPS) is 15.8. The maximum atomic E-state index is 12.4. The fourth-order valence-corrected chi connectivity index (χ4v) is 2.59. The van der Waals surface area contributed by atoms with Crippen molar-refractivity contribution in [2.24, 2.45) is 14.1 Å². The average Bonchev–Trinajstić information content (AvgIpc) is 2.72. The number of amides is 1. The van der Waals surface area contributed by atoms with Crippen LogP contribution in [0.5, 0.6) is 0 Å². The summed E-state index contributed by atoms with van der Waals surface area (Å²) in [5, 5.41) is 0. The van der Waals surface area contributed by atoms with E-state index < -0.39 is 0 Å². The summed E-state index contributed by atoms with van der Waals surface area (Å²) >= 11 is 0. The molecule has 0 spiro atoms. The molecule has 1 aromatic carbocycles. The van der Waals surface area contributed by atoms with Crippen LogP contribution in [0.3, 0.4) is 0 Å². The second kappa shape index (κ2) is 4.79. The molecule has 1 fully saturated rings. The van der Waals surface area contributed by atoms with E-state index in [1.54, 1.807) is 40.3 Å². The molecule has 0 bridgehead atoms. The second-order valence-corrected chi connectivity index (χ2v) is 5.01. The van der Waals surface area contributed by atoms with Crippen LogP contribution in [-0.4, -0.2) is 46.2 Å². The highest BCUT2D eigenvalue weighted by atomic mass is 16.5. The van der Waals surface area contributed by atoms with E-state index in [4.69, 9.17) is 4.74 Å². The van der Waals surface area contributed by atoms with Crippen LogP contribution in [0, 0.1) is 0 Å². The number of morpholine rings is 1. The predicted molar refractivity (Wildman–Crippen MR) is 74.9 cm³/mol. The van der Waals surface area contributed by atoms with Crippen LogP contribution in [0.25, 0.3) is 11.0 Å². The Hall–Kier alpha value is -2.08. The van der Waals surface area contributed by atoms with Crippen molar-refractivity contribution in [3.8, 4) is 0 Å². The first-order valence-electron chi connectivity index (χ1n) is 6.62. The van der Waals surface area contributed by atoms with Gasteiger partial charge in [0, 0.05) is 32.7 Å². The number of hydrogen-bond acceptors (Lipinski definition) is 3. The van der Waals surface area contributed by atoms with E-state index >= 15 is 0 Å². The molecule has 106 valence electrons. The van der Waals surface area contributed by atoms with Crippen LogP contribution in [-0.2, 0) is 18.8 Å². The number of rotatable bonds is 1. The summed E-state index contributed by atoms with van der Waals surface area (Å²) in [6, 6.07) is 5.39. The smallest absolute Gasteiger partial charge is 0.328 e. The average molecular weight is 275 g/mol. The predicted octanol–water partition coefficient (Wildman–Crippen LogP) is 0.349. The minimum absolute atomic E-state index is 0.00787. The number of carbonyl (C=O) groups is 1. The molecule has 1 aromatic heterocycles. The van der Waals surface area contributed by atoms with Gasteiger partial charge in [-0.25, -0.2) is 4.79 Å². The van der Waals surface area contributed by atoms with Gasteiger partial charge in [0.05, 0.1) is 24.2 Å². The van der Waals surface area contributed by atoms with Crippen LogP contribution < -0.4 is 5.69 Å². The fraction of sp³-hybridized carbons (Fsp3) is 0.429. The SMILES string of the molecule is Cn1c(=O)n(C)c2cc(C(=O)N3CCOCC3)ccc21. The van der Waals surface area contributed by atoms with Gasteiger partial charge in [-0.05, 0) is 18.2 Å². The van der Waals surface area contributed by atoms with Gasteiger partial charge in [0.2, 0.25) is 0 Å². The molecule has 0 aliphatic carbocycles. The minimum Gasteiger partial charge on any atom is -0.378 e. The van der Waals surface area contributed by atoms with Gasteiger partial charge in [-0.2, -0.15) is 0 Å². The van der Waals surface area contributed by atoms with Crippen molar-refractivity contribution in [2.45, 2.75) is 0 Å². The van der Waals surface area contributed by atoms with E-state index in [0.717, 1.165) is 11.0 Å². The highest BCUT2D eigenvalue weighted by Crippen LogP contribution is 2.16. The summed E-state index contributed by atoms with van der Waals surface area (Å²) < 4.78 is 8.39. The maximum absolute atomic E-state index is 12.4. The van der Waals surface area contributed by atoms with Crippen molar-refractivity contribution in [3.05, 3.63) is 34.2 Å². The third-order valence-corrected chi connectivity index (χ3v) is 3.82. The molecule has 0 atom stereocenters. The zero-order chi connectivity index (χ0) is 14.3. The molecule has 0 radical (unpaired) electrons. The van der Waals surface area contributed by atoms with Gasteiger partial charge in [0.25, 0.3) is 5.91 Å². The quantitative estimate of drug-likeness (QED) is 0.754. The van der Waals surface area contributed by atoms with Crippen LogP contribution in [0.4, 0.5) is 0 Å². The first kappa shape index (κ1) is 12.9. The Labute approximate surface area is 116 Å². The van der Waals surface area contributed by atoms with Gasteiger partial charge in [0.15, 0.2) is 0 Å². The third-order valence-electron chi connectivity index (χ3n) is 3.82. The lowest BCUT2D eigenvalue weighted by Crippen LogP contribution is -2.40. The lowest BCUT2D eigenvalue weighted by molar-refractivity contribution is 0.0303. The Morgan fingerprint density at radius 3 is 2.45 bits per heavy atom. The zero-order valence-electron chi connectivity index (χ0n) is 11.6. The lowest BCUT2D eigenvalue weighted by atomic mass is 10.1. The van der Waals surface area contributed by atoms with Gasteiger partial charge < -0.3 is 9.64 Å². The van der Waals surface area contributed by atoms with Gasteiger partial charge in [0.1, 0.15) is 0 Å². The molecule has 1 aliphatic rings. The number of imidazole rings is 1. The maximum Gasteiger partial charge on any atom is 0.328 e. The number of nitrogens with zero attached hydrogens (tertiary/aromatic N) is 3. The monoisotopic (exact) mass is 275 g/mol. The Morgan fingerprint density at radius 1 is 1.10 bits per heavy atom. The molecule has 3 rings (SSSR count). The number of benzene rings is 1. The summed E-state index contributed by atoms with van der Waals surface area (Å²) in [5.74, 6) is -0.00787. The van der Waals surface area contributed by atoms with E-state index in [2.05, 4.69) is 0 Å². The summed E-state index contributed by atoms with van der Waals surface area (Å²) in [6.07, 6.45) is 0. The Morgan fingerprint density at radius 2 is 1.75 bits per heavy atom. The minimum atomic E-state index is -0.0871. The van der Waals surface area contributed by atoms with Crippen molar-refractivity contribution in [2.75, 3.05) is 26.3 Å². The third kappa shape index (κ3) is 1.92. The van der Waals surface area contributed by atoms with Crippen LogP contribution in [0.1, 0.15) is 10.4 Å². The molecule has 0 unspecified atom stereocenters. The Kier molecular flexibility index (Phi) is 3.10. The van der Waals surface area contributed by atoms with Gasteiger partial charge >= 0.3 is 5.69 Å². The lowest BCUT2D eigenvalue weighted by Gasteiger charge is -2.26. The number of carbonyl (C=O) groups excluding carboxylic acids is 1. The van der Waals surface area contributed by atoms with E-state index in [1.165, 1.54) is 0 Å². The van der Waals surface area contributed by atoms with E-state index in [1.807, 2.05) is 6.07 Å². The zero-order valence-corrected chi connectivity index (χ0v) is 11.6. The fourth-order valence-electron chi connectivity index (χ4n) is 2.59. The van der Waals surface area contributed by atoms with Crippen LogP contribution >= 0.6 is 0 Å². The molecule has 6 heteroatoms. The van der Waals surface area contributed by atoms with Crippen molar-refractivity contribution in [1.29, 1.82) is 0 Å². The van der Waals surface area contributed by atoms with Crippen molar-refractivity contribution in [3.63, 3.8) is 0 Å². The van der Waals surface area contributed by atoms with Crippen LogP contribution in [0.15, 0.2) is 23.0 Å². The molecule has 2 aromatic rings. The van der Waals surface area contributed by atoms with Gasteiger partial charge in [-0.3, -0.25) is 13.9 Å². The summed E-state index contributed by atoms with van der Waals surface area (Å²) in [5.41, 5.74) is 2.13. The molecule has 0 saturated carbocycles. The molecule has 0 N–H and O–H groups in total. The largest absolute Gasteiger partial charge is 0.378 e. The highest BCUT2D eigenvalue weighted by molar-refractivity contribution is 5.97. The standard InChI is InChI=1S/C14H17N3O3/c1-15-11-4-3-10(9-12(11)16(2)14(15)19)13(18)17-5-7-20-8-6-17/h3-4,9H,5-8H2,1-2H3. The first-order valence-corrected chi connectivity index (χ1v) is 6.62. The molecule has 1 saturated heterocycles. The topological polar surface area (TPSA) is 56.5 Å². The van der Waals surface area contributed by atoms with Crippen molar-refractivity contribution in [1.82, 2.24) is 14.0 Å². The second-order valence-electron chi connectivity index (χ2n) is 5.01. The van der Waals surface area contributed by atoms with Gasteiger partial charge in [-0.1, -0.05) is 0 Å². The summed E-state index contributed by atoms with van der Waals surface area (Å²) in [4.78, 5) is 26.1. The molecular formula is C14H17N3O3. The number of aromatic nitrogens is 2. The van der Waals surface area contributed by atoms with E-state index in [9.17, 15) is 9.59 Å². The van der Waals surface area contributed by atoms with Crippen LogP contribution in [0.2, 0.25) is 0 Å². The number of ether oxygens (including phenoxy) is 1. The Bertz CT molecular complexity index is 723. The number of hydrogen-bond donors (Lipinski definition) is 0. The first-order chi connectivity index (χ1) is 9.59. The van der Waals surface area contributed by atoms with E-state index in [-0.39, 0.29) is 11.6 Å². The molecule has 1 amide bonds. The number of aryl methyl sites for hydroxylation is 2. The molecule has 6 nitrogen and oxygen atoms in total. The Balaban J connectivity index is 2.02. The highest BCUT2D eigenvalue weighted by Gasteiger charge is 2.19. The van der Waals surface area contributed by atoms with Crippen molar-refractivity contribution < 1.29 is 9.53 Å². The van der Waals surface area contributed by atoms with E-state index in [0.29, 0.717) is 31.9 Å². The summed E-state index contributed by atoms with van der Waals surface area (Å²) in [7, 11) is 3.45. The van der Waals surface area contributed by atoms with Gasteiger partial charge in [-0.15, -0.1) is 0 Å². The molecular weight excluding hydrogens is 258 g/mol. The van der Waals surface area contributed by atoms with Crippen molar-refractivity contribution >= 4 is 16.9 Å². The molecule has 2 heterocycles. The number of fused-ring (bicyclic) bond motifs is 1. The molecule has 20 heavy (non-hydrogen) atoms.